The average Bonchev–Trinajstić information content (AvgIpc) is 2.45. The number of rotatable bonds is 0. The Labute approximate surface area is 67.9 Å². The van der Waals surface area contributed by atoms with Crippen LogP contribution in [0.1, 0.15) is 32.6 Å². The van der Waals surface area contributed by atoms with Gasteiger partial charge in [0.2, 0.25) is 0 Å². The summed E-state index contributed by atoms with van der Waals surface area (Å²) in [5.74, 6) is 0.893. The van der Waals surface area contributed by atoms with E-state index < -0.39 is 0 Å². The third-order valence-corrected chi connectivity index (χ3v) is 3.00. The van der Waals surface area contributed by atoms with E-state index in [1.54, 1.807) is 0 Å². The van der Waals surface area contributed by atoms with Gasteiger partial charge in [0, 0.05) is 0 Å². The Balaban J connectivity index is 1.94. The number of hydrogen-bond acceptors (Lipinski definition) is 2. The van der Waals surface area contributed by atoms with E-state index in [1.807, 2.05) is 0 Å². The van der Waals surface area contributed by atoms with Crippen molar-refractivity contribution in [2.75, 3.05) is 13.4 Å². The fourth-order valence-corrected chi connectivity index (χ4v) is 2.01. The third-order valence-electron chi connectivity index (χ3n) is 3.00. The van der Waals surface area contributed by atoms with Gasteiger partial charge in [0.25, 0.3) is 0 Å². The zero-order chi connectivity index (χ0) is 7.73. The number of hydrogen-bond donors (Lipinski definition) is 0. The van der Waals surface area contributed by atoms with Crippen LogP contribution in [0.2, 0.25) is 0 Å². The van der Waals surface area contributed by atoms with Gasteiger partial charge in [-0.25, -0.2) is 0 Å². The molecule has 0 aromatic rings. The van der Waals surface area contributed by atoms with Gasteiger partial charge in [-0.3, -0.25) is 0 Å². The van der Waals surface area contributed by atoms with Crippen molar-refractivity contribution in [2.45, 2.75) is 38.2 Å². The smallest absolute Gasteiger partial charge is 0.147 e. The lowest BCUT2D eigenvalue weighted by Gasteiger charge is -2.33. The van der Waals surface area contributed by atoms with E-state index in [0.717, 1.165) is 12.5 Å². The zero-order valence-corrected chi connectivity index (χ0v) is 7.14. The maximum atomic E-state index is 5.61. The van der Waals surface area contributed by atoms with Gasteiger partial charge < -0.3 is 9.47 Å². The normalized spacial score (nSPS) is 45.0. The summed E-state index contributed by atoms with van der Waals surface area (Å²) >= 11 is 0. The molecule has 0 amide bonds. The molecular weight excluding hydrogens is 140 g/mol. The second kappa shape index (κ2) is 2.76. The fourth-order valence-electron chi connectivity index (χ4n) is 2.01. The van der Waals surface area contributed by atoms with E-state index in [-0.39, 0.29) is 5.60 Å². The Bertz CT molecular complexity index is 128. The van der Waals surface area contributed by atoms with Crippen LogP contribution in [0, 0.1) is 5.92 Å². The van der Waals surface area contributed by atoms with E-state index in [9.17, 15) is 0 Å². The van der Waals surface area contributed by atoms with E-state index >= 15 is 0 Å². The molecule has 2 aliphatic rings. The summed E-state index contributed by atoms with van der Waals surface area (Å²) in [6.45, 7) is 3.68. The third kappa shape index (κ3) is 1.42. The minimum Gasteiger partial charge on any atom is -0.352 e. The summed E-state index contributed by atoms with van der Waals surface area (Å²) in [7, 11) is 0. The van der Waals surface area contributed by atoms with Gasteiger partial charge in [0.1, 0.15) is 6.79 Å². The van der Waals surface area contributed by atoms with Crippen LogP contribution in [0.15, 0.2) is 0 Å². The van der Waals surface area contributed by atoms with Gasteiger partial charge in [-0.15, -0.1) is 0 Å². The first-order valence-corrected chi connectivity index (χ1v) is 4.52. The molecule has 1 aliphatic carbocycles. The largest absolute Gasteiger partial charge is 0.352 e. The molecule has 0 unspecified atom stereocenters. The Hall–Kier alpha value is -0.0800. The van der Waals surface area contributed by atoms with Gasteiger partial charge >= 0.3 is 0 Å². The van der Waals surface area contributed by atoms with E-state index in [0.29, 0.717) is 6.79 Å². The van der Waals surface area contributed by atoms with Crippen LogP contribution in [0.4, 0.5) is 0 Å². The van der Waals surface area contributed by atoms with Gasteiger partial charge in [-0.1, -0.05) is 6.92 Å². The summed E-state index contributed by atoms with van der Waals surface area (Å²) in [5, 5.41) is 0. The molecule has 64 valence electrons. The van der Waals surface area contributed by atoms with Crippen molar-refractivity contribution >= 4 is 0 Å². The average molecular weight is 156 g/mol. The van der Waals surface area contributed by atoms with Crippen molar-refractivity contribution in [2.24, 2.45) is 5.92 Å². The minimum absolute atomic E-state index is 0.131. The molecule has 1 aliphatic heterocycles. The van der Waals surface area contributed by atoms with Gasteiger partial charge in [0.05, 0.1) is 12.2 Å². The Morgan fingerprint density at radius 2 is 2.00 bits per heavy atom. The van der Waals surface area contributed by atoms with E-state index in [1.165, 1.54) is 25.7 Å². The highest BCUT2D eigenvalue weighted by atomic mass is 16.7. The molecular formula is C9H16O2. The van der Waals surface area contributed by atoms with Crippen LogP contribution in [-0.2, 0) is 9.47 Å². The molecule has 2 rings (SSSR count). The fraction of sp³-hybridized carbons (Fsp3) is 1.00. The predicted molar refractivity (Wildman–Crippen MR) is 42.3 cm³/mol. The van der Waals surface area contributed by atoms with Gasteiger partial charge in [0.15, 0.2) is 0 Å². The molecule has 2 heteroatoms. The molecule has 0 N–H and O–H groups in total. The van der Waals surface area contributed by atoms with Crippen molar-refractivity contribution in [3.8, 4) is 0 Å². The second-order valence-corrected chi connectivity index (χ2v) is 3.98. The topological polar surface area (TPSA) is 18.5 Å². The molecule has 0 radical (unpaired) electrons. The Morgan fingerprint density at radius 3 is 2.55 bits per heavy atom. The first kappa shape index (κ1) is 7.56. The van der Waals surface area contributed by atoms with Gasteiger partial charge in [-0.05, 0) is 31.6 Å². The maximum absolute atomic E-state index is 5.61. The molecule has 1 spiro atoms. The summed E-state index contributed by atoms with van der Waals surface area (Å²) < 4.78 is 10.9. The summed E-state index contributed by atoms with van der Waals surface area (Å²) in [6, 6.07) is 0. The molecule has 1 saturated heterocycles. The van der Waals surface area contributed by atoms with Crippen LogP contribution in [0.5, 0.6) is 0 Å². The first-order chi connectivity index (χ1) is 5.31. The standard InChI is InChI=1S/C9H16O2/c1-8-2-4-9(5-3-8)6-10-7-11-9/h8H,2-7H2,1H3. The molecule has 0 atom stereocenters. The molecule has 0 bridgehead atoms. The molecule has 1 saturated carbocycles. The van der Waals surface area contributed by atoms with Crippen LogP contribution in [0.25, 0.3) is 0 Å². The highest BCUT2D eigenvalue weighted by molar-refractivity contribution is 4.87. The number of ether oxygens (including phenoxy) is 2. The highest BCUT2D eigenvalue weighted by Gasteiger charge is 2.38. The SMILES string of the molecule is CC1CCC2(CC1)COCO2. The first-order valence-electron chi connectivity index (χ1n) is 4.52. The van der Waals surface area contributed by atoms with Crippen molar-refractivity contribution < 1.29 is 9.47 Å². The molecule has 2 nitrogen and oxygen atoms in total. The molecule has 2 fully saturated rings. The van der Waals surface area contributed by atoms with Gasteiger partial charge in [-0.2, -0.15) is 0 Å². The maximum Gasteiger partial charge on any atom is 0.147 e. The quantitative estimate of drug-likeness (QED) is 0.533. The molecule has 0 aromatic carbocycles. The summed E-state index contributed by atoms with van der Waals surface area (Å²) in [4.78, 5) is 0. The molecule has 0 aromatic heterocycles. The van der Waals surface area contributed by atoms with Crippen LogP contribution >= 0.6 is 0 Å². The van der Waals surface area contributed by atoms with Crippen LogP contribution in [-0.4, -0.2) is 19.0 Å². The van der Waals surface area contributed by atoms with Crippen LogP contribution in [0.3, 0.4) is 0 Å². The lowest BCUT2D eigenvalue weighted by atomic mass is 9.80. The second-order valence-electron chi connectivity index (χ2n) is 3.98. The molecule has 11 heavy (non-hydrogen) atoms. The van der Waals surface area contributed by atoms with Crippen molar-refractivity contribution in [1.29, 1.82) is 0 Å². The Kier molecular flexibility index (Phi) is 1.90. The van der Waals surface area contributed by atoms with Crippen molar-refractivity contribution in [1.82, 2.24) is 0 Å². The zero-order valence-electron chi connectivity index (χ0n) is 7.14. The summed E-state index contributed by atoms with van der Waals surface area (Å²) in [5.41, 5.74) is 0.131. The monoisotopic (exact) mass is 156 g/mol. The van der Waals surface area contributed by atoms with E-state index in [2.05, 4.69) is 6.92 Å². The van der Waals surface area contributed by atoms with Crippen LogP contribution < -0.4 is 0 Å². The lowest BCUT2D eigenvalue weighted by molar-refractivity contribution is -0.0362. The van der Waals surface area contributed by atoms with E-state index in [4.69, 9.17) is 9.47 Å². The lowest BCUT2D eigenvalue weighted by Crippen LogP contribution is -2.35. The molecule has 1 heterocycles. The Morgan fingerprint density at radius 1 is 1.27 bits per heavy atom. The van der Waals surface area contributed by atoms with Crippen molar-refractivity contribution in [3.63, 3.8) is 0 Å². The highest BCUT2D eigenvalue weighted by Crippen LogP contribution is 2.37. The van der Waals surface area contributed by atoms with Crippen molar-refractivity contribution in [3.05, 3.63) is 0 Å². The summed E-state index contributed by atoms with van der Waals surface area (Å²) in [6.07, 6.45) is 5.02. The minimum atomic E-state index is 0.131. The predicted octanol–water partition coefficient (Wildman–Crippen LogP) is 1.94.